The number of carboxylic acids is 1. The van der Waals surface area contributed by atoms with E-state index in [2.05, 4.69) is 16.9 Å². The third-order valence-corrected chi connectivity index (χ3v) is 4.92. The molecule has 1 saturated heterocycles. The molecular weight excluding hydrogens is 348 g/mol. The molecule has 1 aromatic carbocycles. The smallest absolute Gasteiger partial charge is 0.337 e. The zero-order valence-electron chi connectivity index (χ0n) is 15.2. The van der Waals surface area contributed by atoms with E-state index in [1.54, 1.807) is 24.3 Å². The largest absolute Gasteiger partial charge is 0.481 e. The van der Waals surface area contributed by atoms with Crippen molar-refractivity contribution in [2.24, 2.45) is 5.92 Å². The van der Waals surface area contributed by atoms with E-state index in [4.69, 9.17) is 5.11 Å². The summed E-state index contributed by atoms with van der Waals surface area (Å²) in [7, 11) is 0. The van der Waals surface area contributed by atoms with Crippen LogP contribution in [0.3, 0.4) is 0 Å². The summed E-state index contributed by atoms with van der Waals surface area (Å²) in [6, 6.07) is 7.06. The van der Waals surface area contributed by atoms with Crippen molar-refractivity contribution in [1.82, 2.24) is 9.97 Å². The van der Waals surface area contributed by atoms with Crippen LogP contribution in [0.25, 0.3) is 11.3 Å². The standard InChI is InChI=1S/C19H22N4O4/c1-13-8-10-22(11-9-13)19-18(23(26)27)17(20-12-21-19)15-5-2-14(3-6-15)4-7-16(24)25/h2-3,5-6,12-13H,4,7-11H2,1H3,(H,24,25). The summed E-state index contributed by atoms with van der Waals surface area (Å²) in [5.74, 6) is 0.123. The van der Waals surface area contributed by atoms with Gasteiger partial charge in [-0.1, -0.05) is 31.2 Å². The Morgan fingerprint density at radius 3 is 2.52 bits per heavy atom. The van der Waals surface area contributed by atoms with Crippen molar-refractivity contribution in [3.63, 3.8) is 0 Å². The third-order valence-electron chi connectivity index (χ3n) is 4.92. The highest BCUT2D eigenvalue weighted by molar-refractivity contribution is 5.77. The second-order valence-electron chi connectivity index (χ2n) is 6.91. The Hall–Kier alpha value is -3.03. The van der Waals surface area contributed by atoms with Gasteiger partial charge in [-0.25, -0.2) is 9.97 Å². The highest BCUT2D eigenvalue weighted by Crippen LogP contribution is 2.36. The molecule has 142 valence electrons. The molecular formula is C19H22N4O4. The van der Waals surface area contributed by atoms with Crippen molar-refractivity contribution in [2.45, 2.75) is 32.6 Å². The Kier molecular flexibility index (Phi) is 5.63. The third kappa shape index (κ3) is 4.39. The number of rotatable bonds is 6. The van der Waals surface area contributed by atoms with E-state index >= 15 is 0 Å². The minimum absolute atomic E-state index is 0.0462. The van der Waals surface area contributed by atoms with Crippen LogP contribution in [0.1, 0.15) is 31.7 Å². The molecule has 0 spiro atoms. The fraction of sp³-hybridized carbons (Fsp3) is 0.421. The molecule has 0 amide bonds. The Morgan fingerprint density at radius 2 is 1.93 bits per heavy atom. The van der Waals surface area contributed by atoms with Crippen molar-refractivity contribution in [3.05, 3.63) is 46.3 Å². The molecule has 0 radical (unpaired) electrons. The molecule has 1 aliphatic heterocycles. The first-order chi connectivity index (χ1) is 13.0. The van der Waals surface area contributed by atoms with Gasteiger partial charge in [-0.2, -0.15) is 0 Å². The molecule has 0 bridgehead atoms. The number of nitro groups is 1. The molecule has 8 nitrogen and oxygen atoms in total. The fourth-order valence-corrected chi connectivity index (χ4v) is 3.28. The maximum absolute atomic E-state index is 11.8. The fourth-order valence-electron chi connectivity index (χ4n) is 3.28. The molecule has 8 heteroatoms. The van der Waals surface area contributed by atoms with Gasteiger partial charge in [0.15, 0.2) is 5.69 Å². The topological polar surface area (TPSA) is 109 Å². The van der Waals surface area contributed by atoms with Crippen LogP contribution in [-0.2, 0) is 11.2 Å². The first kappa shape index (κ1) is 18.8. The Labute approximate surface area is 157 Å². The number of nitrogens with zero attached hydrogens (tertiary/aromatic N) is 4. The molecule has 3 rings (SSSR count). The van der Waals surface area contributed by atoms with Crippen LogP contribution in [-0.4, -0.2) is 39.1 Å². The number of aromatic nitrogens is 2. The van der Waals surface area contributed by atoms with Gasteiger partial charge in [0.1, 0.15) is 6.33 Å². The molecule has 0 unspecified atom stereocenters. The Bertz CT molecular complexity index is 830. The molecule has 27 heavy (non-hydrogen) atoms. The van der Waals surface area contributed by atoms with E-state index < -0.39 is 10.9 Å². The van der Waals surface area contributed by atoms with Gasteiger partial charge in [0.2, 0.25) is 5.82 Å². The van der Waals surface area contributed by atoms with Crippen LogP contribution in [0.4, 0.5) is 11.5 Å². The molecule has 2 aromatic rings. The minimum Gasteiger partial charge on any atom is -0.481 e. The van der Waals surface area contributed by atoms with Crippen LogP contribution >= 0.6 is 0 Å². The molecule has 2 heterocycles. The van der Waals surface area contributed by atoms with E-state index in [1.165, 1.54) is 6.33 Å². The van der Waals surface area contributed by atoms with Crippen molar-refractivity contribution in [2.75, 3.05) is 18.0 Å². The lowest BCUT2D eigenvalue weighted by atomic mass is 9.99. The van der Waals surface area contributed by atoms with E-state index in [9.17, 15) is 14.9 Å². The Morgan fingerprint density at radius 1 is 1.26 bits per heavy atom. The molecule has 0 saturated carbocycles. The summed E-state index contributed by atoms with van der Waals surface area (Å²) >= 11 is 0. The average molecular weight is 370 g/mol. The summed E-state index contributed by atoms with van der Waals surface area (Å²) in [4.78, 5) is 32.4. The molecule has 0 aliphatic carbocycles. The number of hydrogen-bond donors (Lipinski definition) is 1. The molecule has 1 aromatic heterocycles. The van der Waals surface area contributed by atoms with Gasteiger partial charge < -0.3 is 10.0 Å². The molecule has 0 atom stereocenters. The van der Waals surface area contributed by atoms with E-state index in [-0.39, 0.29) is 17.8 Å². The number of aryl methyl sites for hydroxylation is 1. The van der Waals surface area contributed by atoms with E-state index in [1.807, 2.05) is 4.90 Å². The first-order valence-corrected chi connectivity index (χ1v) is 9.01. The zero-order chi connectivity index (χ0) is 19.4. The first-order valence-electron chi connectivity index (χ1n) is 9.01. The number of hydrogen-bond acceptors (Lipinski definition) is 6. The summed E-state index contributed by atoms with van der Waals surface area (Å²) in [5.41, 5.74) is 1.69. The van der Waals surface area contributed by atoms with Gasteiger partial charge in [0.05, 0.1) is 4.92 Å². The lowest BCUT2D eigenvalue weighted by Gasteiger charge is -2.30. The van der Waals surface area contributed by atoms with Crippen LogP contribution < -0.4 is 4.90 Å². The van der Waals surface area contributed by atoms with Crippen LogP contribution in [0.2, 0.25) is 0 Å². The number of benzene rings is 1. The number of aliphatic carboxylic acids is 1. The lowest BCUT2D eigenvalue weighted by Crippen LogP contribution is -2.34. The quantitative estimate of drug-likeness (QED) is 0.613. The monoisotopic (exact) mass is 370 g/mol. The normalized spacial score (nSPS) is 14.9. The van der Waals surface area contributed by atoms with E-state index in [0.29, 0.717) is 23.7 Å². The predicted octanol–water partition coefficient (Wildman–Crippen LogP) is 3.31. The predicted molar refractivity (Wildman–Crippen MR) is 101 cm³/mol. The number of anilines is 1. The van der Waals surface area contributed by atoms with Gasteiger partial charge in [-0.3, -0.25) is 14.9 Å². The van der Waals surface area contributed by atoms with Gasteiger partial charge in [0, 0.05) is 25.1 Å². The van der Waals surface area contributed by atoms with Crippen molar-refractivity contribution >= 4 is 17.5 Å². The summed E-state index contributed by atoms with van der Waals surface area (Å²) in [5, 5.41) is 20.6. The van der Waals surface area contributed by atoms with Crippen molar-refractivity contribution in [3.8, 4) is 11.3 Å². The second kappa shape index (κ2) is 8.11. The van der Waals surface area contributed by atoms with Crippen molar-refractivity contribution in [1.29, 1.82) is 0 Å². The average Bonchev–Trinajstić information content (AvgIpc) is 2.66. The molecule has 1 N–H and O–H groups in total. The number of carbonyl (C=O) groups is 1. The SMILES string of the molecule is CC1CCN(c2ncnc(-c3ccc(CCC(=O)O)cc3)c2[N+](=O)[O-])CC1. The van der Waals surface area contributed by atoms with Crippen LogP contribution in [0, 0.1) is 16.0 Å². The number of piperidine rings is 1. The van der Waals surface area contributed by atoms with Crippen molar-refractivity contribution < 1.29 is 14.8 Å². The maximum Gasteiger partial charge on any atom is 0.337 e. The zero-order valence-corrected chi connectivity index (χ0v) is 15.2. The number of carboxylic acid groups (broad SMARTS) is 1. The summed E-state index contributed by atoms with van der Waals surface area (Å²) in [6.07, 6.45) is 3.79. The maximum atomic E-state index is 11.8. The van der Waals surface area contributed by atoms with Gasteiger partial charge in [-0.15, -0.1) is 0 Å². The molecule has 1 fully saturated rings. The summed E-state index contributed by atoms with van der Waals surface area (Å²) < 4.78 is 0. The van der Waals surface area contributed by atoms with Crippen LogP contribution in [0.15, 0.2) is 30.6 Å². The molecule has 1 aliphatic rings. The minimum atomic E-state index is -0.856. The second-order valence-corrected chi connectivity index (χ2v) is 6.91. The van der Waals surface area contributed by atoms with E-state index in [0.717, 1.165) is 31.5 Å². The summed E-state index contributed by atoms with van der Waals surface area (Å²) in [6.45, 7) is 3.67. The Balaban J connectivity index is 1.92. The van der Waals surface area contributed by atoms with Gasteiger partial charge in [0.25, 0.3) is 0 Å². The highest BCUT2D eigenvalue weighted by atomic mass is 16.6. The van der Waals surface area contributed by atoms with Crippen LogP contribution in [0.5, 0.6) is 0 Å². The lowest BCUT2D eigenvalue weighted by molar-refractivity contribution is -0.383. The van der Waals surface area contributed by atoms with Gasteiger partial charge >= 0.3 is 11.7 Å². The highest BCUT2D eigenvalue weighted by Gasteiger charge is 2.29. The van der Waals surface area contributed by atoms with Gasteiger partial charge in [-0.05, 0) is 30.7 Å².